The molecule has 0 unspecified atom stereocenters. The lowest BCUT2D eigenvalue weighted by Crippen LogP contribution is -2.00. The molecule has 0 fully saturated rings. The van der Waals surface area contributed by atoms with E-state index >= 15 is 0 Å². The van der Waals surface area contributed by atoms with E-state index in [-0.39, 0.29) is 17.2 Å². The molecule has 0 heterocycles. The Labute approximate surface area is 80.6 Å². The first kappa shape index (κ1) is 10.3. The zero-order valence-corrected chi connectivity index (χ0v) is 7.83. The first-order chi connectivity index (χ1) is 6.74. The van der Waals surface area contributed by atoms with Crippen LogP contribution in [0.4, 0.5) is 10.1 Å². The highest BCUT2D eigenvalue weighted by Gasteiger charge is 2.13. The molecule has 0 bridgehead atoms. The Balaban J connectivity index is 3.20. The van der Waals surface area contributed by atoms with Crippen LogP contribution in [0.5, 0.6) is 11.5 Å². The van der Waals surface area contributed by atoms with Gasteiger partial charge in [-0.1, -0.05) is 0 Å². The number of carbonyl (C=O) groups excluding carboxylic acids is 1. The van der Waals surface area contributed by atoms with Crippen molar-refractivity contribution in [3.8, 4) is 11.5 Å². The molecule has 0 aliphatic rings. The maximum Gasteiger partial charge on any atom is 0.211 e. The summed E-state index contributed by atoms with van der Waals surface area (Å²) in [4.78, 5) is 10.2. The van der Waals surface area contributed by atoms with Crippen LogP contribution in [0.1, 0.15) is 0 Å². The topological polar surface area (TPSA) is 47.6 Å². The number of methoxy groups -OCH3 is 2. The second-order valence-corrected chi connectivity index (χ2v) is 2.42. The zero-order chi connectivity index (χ0) is 10.6. The quantitative estimate of drug-likeness (QED) is 0.746. The van der Waals surface area contributed by atoms with Gasteiger partial charge in [0.05, 0.1) is 19.9 Å². The minimum absolute atomic E-state index is 0.0450. The average Bonchev–Trinajstić information content (AvgIpc) is 2.19. The number of hydrogen-bond acceptors (Lipinski definition) is 3. The summed E-state index contributed by atoms with van der Waals surface area (Å²) in [6.07, 6.45) is 0.448. The van der Waals surface area contributed by atoms with Crippen molar-refractivity contribution in [1.29, 1.82) is 0 Å². The van der Waals surface area contributed by atoms with E-state index in [1.807, 2.05) is 0 Å². The van der Waals surface area contributed by atoms with E-state index in [1.54, 1.807) is 0 Å². The molecule has 1 aromatic carbocycles. The van der Waals surface area contributed by atoms with Crippen molar-refractivity contribution in [3.63, 3.8) is 0 Å². The van der Waals surface area contributed by atoms with Crippen molar-refractivity contribution in [2.24, 2.45) is 0 Å². The largest absolute Gasteiger partial charge is 0.494 e. The normalized spacial score (nSPS) is 9.36. The highest BCUT2D eigenvalue weighted by atomic mass is 19.1. The highest BCUT2D eigenvalue weighted by molar-refractivity contribution is 5.76. The number of carbonyl (C=O) groups is 1. The van der Waals surface area contributed by atoms with E-state index in [0.717, 1.165) is 0 Å². The highest BCUT2D eigenvalue weighted by Crippen LogP contribution is 2.33. The maximum atomic E-state index is 13.5. The van der Waals surface area contributed by atoms with Gasteiger partial charge < -0.3 is 14.8 Å². The fraction of sp³-hybridized carbons (Fsp3) is 0.222. The predicted molar refractivity (Wildman–Crippen MR) is 49.2 cm³/mol. The van der Waals surface area contributed by atoms with Crippen LogP contribution in [0.3, 0.4) is 0 Å². The molecule has 0 aliphatic heterocycles. The van der Waals surface area contributed by atoms with Crippen LogP contribution < -0.4 is 14.8 Å². The Morgan fingerprint density at radius 3 is 2.57 bits per heavy atom. The summed E-state index contributed by atoms with van der Waals surface area (Å²) in [6.45, 7) is 0. The van der Waals surface area contributed by atoms with Gasteiger partial charge in [0.1, 0.15) is 0 Å². The molecule has 0 aliphatic carbocycles. The summed E-state index contributed by atoms with van der Waals surface area (Å²) in [5.74, 6) is -0.614. The number of amides is 1. The summed E-state index contributed by atoms with van der Waals surface area (Å²) < 4.78 is 23.0. The second kappa shape index (κ2) is 4.45. The number of ether oxygens (including phenoxy) is 2. The summed E-state index contributed by atoms with van der Waals surface area (Å²) in [6, 6.07) is 2.90. The Hall–Kier alpha value is -1.78. The first-order valence-corrected chi connectivity index (χ1v) is 3.85. The average molecular weight is 199 g/mol. The fourth-order valence-electron chi connectivity index (χ4n) is 1.07. The number of anilines is 1. The number of benzene rings is 1. The molecule has 76 valence electrons. The van der Waals surface area contributed by atoms with Crippen molar-refractivity contribution in [2.75, 3.05) is 19.5 Å². The van der Waals surface area contributed by atoms with Crippen LogP contribution in [0.25, 0.3) is 0 Å². The smallest absolute Gasteiger partial charge is 0.211 e. The standard InChI is InChI=1S/C9H10FNO3/c1-13-7-4-3-6(11-5-12)9(14-2)8(7)10/h3-5H,1-2H3,(H,11,12). The molecule has 1 aromatic rings. The predicted octanol–water partition coefficient (Wildman–Crippen LogP) is 1.41. The van der Waals surface area contributed by atoms with Crippen LogP contribution in [0.15, 0.2) is 12.1 Å². The molecule has 1 N–H and O–H groups in total. The van der Waals surface area contributed by atoms with Crippen molar-refractivity contribution < 1.29 is 18.7 Å². The molecular formula is C9H10FNO3. The number of hydrogen-bond donors (Lipinski definition) is 1. The lowest BCUT2D eigenvalue weighted by atomic mass is 10.2. The lowest BCUT2D eigenvalue weighted by Gasteiger charge is -2.10. The minimum Gasteiger partial charge on any atom is -0.494 e. The van der Waals surface area contributed by atoms with E-state index in [9.17, 15) is 9.18 Å². The Bertz CT molecular complexity index is 341. The van der Waals surface area contributed by atoms with Gasteiger partial charge in [0.2, 0.25) is 12.2 Å². The van der Waals surface area contributed by atoms with Crippen molar-refractivity contribution >= 4 is 12.1 Å². The summed E-state index contributed by atoms with van der Waals surface area (Å²) in [5.41, 5.74) is 0.265. The molecule has 0 aromatic heterocycles. The van der Waals surface area contributed by atoms with Crippen molar-refractivity contribution in [2.45, 2.75) is 0 Å². The van der Waals surface area contributed by atoms with Gasteiger partial charge in [-0.2, -0.15) is 4.39 Å². The van der Waals surface area contributed by atoms with Gasteiger partial charge in [-0.3, -0.25) is 4.79 Å². The maximum absolute atomic E-state index is 13.5. The van der Waals surface area contributed by atoms with Gasteiger partial charge >= 0.3 is 0 Å². The monoisotopic (exact) mass is 199 g/mol. The SMILES string of the molecule is COc1ccc(NC=O)c(OC)c1F. The second-order valence-electron chi connectivity index (χ2n) is 2.42. The molecular weight excluding hydrogens is 189 g/mol. The number of rotatable bonds is 4. The first-order valence-electron chi connectivity index (χ1n) is 3.85. The van der Waals surface area contributed by atoms with E-state index < -0.39 is 5.82 Å². The lowest BCUT2D eigenvalue weighted by molar-refractivity contribution is -0.105. The van der Waals surface area contributed by atoms with E-state index in [0.29, 0.717) is 6.41 Å². The van der Waals surface area contributed by atoms with Gasteiger partial charge in [0.15, 0.2) is 11.5 Å². The van der Waals surface area contributed by atoms with Gasteiger partial charge in [0, 0.05) is 0 Å². The fourth-order valence-corrected chi connectivity index (χ4v) is 1.07. The number of nitrogens with one attached hydrogen (secondary N) is 1. The van der Waals surface area contributed by atoms with E-state index in [4.69, 9.17) is 9.47 Å². The number of halogens is 1. The molecule has 1 rings (SSSR count). The molecule has 0 saturated heterocycles. The van der Waals surface area contributed by atoms with Gasteiger partial charge in [-0.15, -0.1) is 0 Å². The van der Waals surface area contributed by atoms with Crippen molar-refractivity contribution in [3.05, 3.63) is 17.9 Å². The van der Waals surface area contributed by atoms with E-state index in [2.05, 4.69) is 5.32 Å². The molecule has 4 nitrogen and oxygen atoms in total. The molecule has 0 atom stereocenters. The molecule has 0 spiro atoms. The molecule has 5 heteroatoms. The van der Waals surface area contributed by atoms with Crippen LogP contribution in [0, 0.1) is 5.82 Å². The van der Waals surface area contributed by atoms with Crippen LogP contribution in [-0.2, 0) is 4.79 Å². The Morgan fingerprint density at radius 2 is 2.07 bits per heavy atom. The third-order valence-corrected chi connectivity index (χ3v) is 1.70. The summed E-state index contributed by atoms with van der Waals surface area (Å²) in [5, 5.41) is 2.32. The molecule has 0 saturated carbocycles. The van der Waals surface area contributed by atoms with E-state index in [1.165, 1.54) is 26.4 Å². The molecule has 14 heavy (non-hydrogen) atoms. The van der Waals surface area contributed by atoms with Gasteiger partial charge in [0.25, 0.3) is 0 Å². The van der Waals surface area contributed by atoms with Gasteiger partial charge in [-0.25, -0.2) is 0 Å². The molecule has 1 amide bonds. The Morgan fingerprint density at radius 1 is 1.36 bits per heavy atom. The van der Waals surface area contributed by atoms with Crippen molar-refractivity contribution in [1.82, 2.24) is 0 Å². The van der Waals surface area contributed by atoms with Crippen LogP contribution in [0.2, 0.25) is 0 Å². The van der Waals surface area contributed by atoms with Gasteiger partial charge in [-0.05, 0) is 12.1 Å². The third kappa shape index (κ3) is 1.76. The van der Waals surface area contributed by atoms with Crippen LogP contribution >= 0.6 is 0 Å². The third-order valence-electron chi connectivity index (χ3n) is 1.70. The Kier molecular flexibility index (Phi) is 3.28. The zero-order valence-electron chi connectivity index (χ0n) is 7.83. The molecule has 0 radical (unpaired) electrons. The van der Waals surface area contributed by atoms with Crippen LogP contribution in [-0.4, -0.2) is 20.6 Å². The minimum atomic E-state index is -0.637. The summed E-state index contributed by atoms with van der Waals surface area (Å²) >= 11 is 0. The summed E-state index contributed by atoms with van der Waals surface area (Å²) in [7, 11) is 2.67.